The van der Waals surface area contributed by atoms with Crippen molar-refractivity contribution in [1.82, 2.24) is 0 Å². The largest absolute Gasteiger partial charge is 0.502 e. The summed E-state index contributed by atoms with van der Waals surface area (Å²) in [6.07, 6.45) is 11.0. The van der Waals surface area contributed by atoms with Gasteiger partial charge in [0.05, 0.1) is 0 Å². The van der Waals surface area contributed by atoms with Gasteiger partial charge in [-0.3, -0.25) is 4.79 Å². The molecule has 2 nitrogen and oxygen atoms in total. The molecule has 0 aromatic carbocycles. The Morgan fingerprint density at radius 1 is 1.21 bits per heavy atom. The zero-order valence-corrected chi connectivity index (χ0v) is 15.8. The van der Waals surface area contributed by atoms with E-state index in [0.29, 0.717) is 17.8 Å². The van der Waals surface area contributed by atoms with Crippen LogP contribution in [0.2, 0.25) is 0 Å². The number of aliphatic hydroxyl groups is 1. The standard InChI is InChI=1S/C21H28O2S/c1-12-11-21(3)13(10-18(12)22)4-5-14-15-6-7-17(19(23)24)20(15,2)9-8-16(14)21/h10-11,14-17H,4-9H2,1-3H3,(H,23,24)/t14-,15-,16-,17+,20-,21-/m0/s1. The van der Waals surface area contributed by atoms with Gasteiger partial charge in [-0.15, -0.1) is 0 Å². The highest BCUT2D eigenvalue weighted by Crippen LogP contribution is 2.66. The van der Waals surface area contributed by atoms with Gasteiger partial charge >= 0.3 is 0 Å². The fraction of sp³-hybridized carbons (Fsp3) is 0.714. The molecule has 0 bridgehead atoms. The lowest BCUT2D eigenvalue weighted by molar-refractivity contribution is -0.112. The van der Waals surface area contributed by atoms with Crippen LogP contribution in [0.15, 0.2) is 23.3 Å². The van der Waals surface area contributed by atoms with Gasteiger partial charge in [0.15, 0.2) is 10.8 Å². The predicted molar refractivity (Wildman–Crippen MR) is 99.9 cm³/mol. The van der Waals surface area contributed by atoms with E-state index in [9.17, 15) is 9.90 Å². The van der Waals surface area contributed by atoms with E-state index < -0.39 is 0 Å². The molecule has 0 spiro atoms. The van der Waals surface area contributed by atoms with Crippen molar-refractivity contribution in [3.8, 4) is 0 Å². The maximum Gasteiger partial charge on any atom is 0.181 e. The van der Waals surface area contributed by atoms with Gasteiger partial charge < -0.3 is 5.11 Å². The number of hydrogen-bond donors (Lipinski definition) is 1. The lowest BCUT2D eigenvalue weighted by atomic mass is 9.47. The highest BCUT2D eigenvalue weighted by Gasteiger charge is 2.59. The van der Waals surface area contributed by atoms with Crippen molar-refractivity contribution in [2.45, 2.75) is 59.3 Å². The number of ketones is 1. The molecule has 24 heavy (non-hydrogen) atoms. The van der Waals surface area contributed by atoms with E-state index in [2.05, 4.69) is 19.9 Å². The molecule has 0 saturated heterocycles. The number of aliphatic hydroxyl groups excluding tert-OH is 1. The van der Waals surface area contributed by atoms with Crippen LogP contribution in [0.5, 0.6) is 0 Å². The summed E-state index contributed by atoms with van der Waals surface area (Å²) < 4.78 is 0. The molecule has 130 valence electrons. The fourth-order valence-corrected chi connectivity index (χ4v) is 7.28. The second-order valence-corrected chi connectivity index (χ2v) is 9.49. The lowest BCUT2D eigenvalue weighted by Gasteiger charge is -2.57. The van der Waals surface area contributed by atoms with Crippen molar-refractivity contribution < 1.29 is 9.90 Å². The number of hydrogen-bond acceptors (Lipinski definition) is 2. The molecule has 1 N–H and O–H groups in total. The average molecular weight is 345 g/mol. The van der Waals surface area contributed by atoms with Crippen LogP contribution < -0.4 is 0 Å². The molecule has 4 aliphatic rings. The molecule has 3 saturated carbocycles. The number of carbonyl (C=O) groups is 1. The van der Waals surface area contributed by atoms with Gasteiger partial charge in [0.1, 0.15) is 0 Å². The Balaban J connectivity index is 1.70. The van der Waals surface area contributed by atoms with E-state index in [1.165, 1.54) is 24.8 Å². The topological polar surface area (TPSA) is 37.3 Å². The fourth-order valence-electron chi connectivity index (χ4n) is 6.89. The monoisotopic (exact) mass is 344 g/mol. The third-order valence-corrected chi connectivity index (χ3v) is 8.44. The molecular weight excluding hydrogens is 316 g/mol. The van der Waals surface area contributed by atoms with E-state index >= 15 is 0 Å². The highest BCUT2D eigenvalue weighted by atomic mass is 32.1. The minimum absolute atomic E-state index is 0.0556. The van der Waals surface area contributed by atoms with E-state index in [1.807, 2.05) is 13.0 Å². The molecule has 3 fully saturated rings. The van der Waals surface area contributed by atoms with Crippen LogP contribution in [0, 0.1) is 34.5 Å². The Bertz CT molecular complexity index is 675. The van der Waals surface area contributed by atoms with Crippen LogP contribution in [-0.4, -0.2) is 15.9 Å². The molecule has 0 radical (unpaired) electrons. The van der Waals surface area contributed by atoms with Crippen molar-refractivity contribution in [3.63, 3.8) is 0 Å². The molecule has 0 amide bonds. The zero-order chi connectivity index (χ0) is 17.3. The molecular formula is C21H28O2S. The van der Waals surface area contributed by atoms with E-state index in [4.69, 9.17) is 12.2 Å². The molecule has 0 aromatic rings. The quantitative estimate of drug-likeness (QED) is 0.665. The molecule has 0 aromatic heterocycles. The highest BCUT2D eigenvalue weighted by molar-refractivity contribution is 7.80. The Morgan fingerprint density at radius 2 is 1.96 bits per heavy atom. The van der Waals surface area contributed by atoms with Crippen LogP contribution in [0.1, 0.15) is 59.3 Å². The molecule has 4 rings (SSSR count). The Kier molecular flexibility index (Phi) is 3.62. The van der Waals surface area contributed by atoms with Crippen molar-refractivity contribution in [2.24, 2.45) is 34.5 Å². The number of fused-ring (bicyclic) bond motifs is 5. The second kappa shape index (κ2) is 5.27. The van der Waals surface area contributed by atoms with E-state index in [-0.39, 0.29) is 27.6 Å². The minimum atomic E-state index is 0.0556. The summed E-state index contributed by atoms with van der Waals surface area (Å²) in [5.74, 6) is 2.39. The van der Waals surface area contributed by atoms with Crippen LogP contribution in [0.4, 0.5) is 0 Å². The van der Waals surface area contributed by atoms with Gasteiger partial charge in [0.2, 0.25) is 0 Å². The van der Waals surface area contributed by atoms with E-state index in [1.54, 1.807) is 0 Å². The SMILES string of the molecule is CC1=C[C@@]2(C)C(=CC1=O)CC[C@H]1[C@@H]3CC[C@H](C(O)=S)[C@@]3(C)CC[C@@H]12. The van der Waals surface area contributed by atoms with Crippen LogP contribution >= 0.6 is 12.2 Å². The van der Waals surface area contributed by atoms with Crippen LogP contribution in [-0.2, 0) is 4.79 Å². The van der Waals surface area contributed by atoms with Crippen LogP contribution in [0.3, 0.4) is 0 Å². The molecule has 0 unspecified atom stereocenters. The summed E-state index contributed by atoms with van der Waals surface area (Å²) in [5.41, 5.74) is 2.50. The van der Waals surface area contributed by atoms with Gasteiger partial charge in [-0.25, -0.2) is 0 Å². The summed E-state index contributed by atoms with van der Waals surface area (Å²) in [5, 5.41) is 10.3. The summed E-state index contributed by atoms with van der Waals surface area (Å²) >= 11 is 5.18. The van der Waals surface area contributed by atoms with Crippen molar-refractivity contribution in [3.05, 3.63) is 23.3 Å². The summed E-state index contributed by atoms with van der Waals surface area (Å²) in [7, 11) is 0. The average Bonchev–Trinajstić information content (AvgIpc) is 2.86. The predicted octanol–water partition coefficient (Wildman–Crippen LogP) is 5.19. The number of rotatable bonds is 1. The molecule has 4 aliphatic carbocycles. The number of carbonyl (C=O) groups excluding carboxylic acids is 1. The van der Waals surface area contributed by atoms with Crippen molar-refractivity contribution >= 4 is 23.1 Å². The Hall–Kier alpha value is -0.960. The van der Waals surface area contributed by atoms with Crippen LogP contribution in [0.25, 0.3) is 0 Å². The normalized spacial score (nSPS) is 47.2. The lowest BCUT2D eigenvalue weighted by Crippen LogP contribution is -2.50. The maximum atomic E-state index is 12.1. The van der Waals surface area contributed by atoms with Gasteiger partial charge in [-0.2, -0.15) is 0 Å². The number of allylic oxidation sites excluding steroid dienone is 4. The first kappa shape index (κ1) is 16.5. The maximum absolute atomic E-state index is 12.1. The molecule has 0 heterocycles. The molecule has 0 aliphatic heterocycles. The Morgan fingerprint density at radius 3 is 2.67 bits per heavy atom. The van der Waals surface area contributed by atoms with Gasteiger partial charge in [0, 0.05) is 11.3 Å². The number of thiocarbonyl (C=S) groups is 1. The van der Waals surface area contributed by atoms with E-state index in [0.717, 1.165) is 24.8 Å². The first-order chi connectivity index (χ1) is 11.3. The third kappa shape index (κ3) is 2.06. The molecule has 6 atom stereocenters. The minimum Gasteiger partial charge on any atom is -0.502 e. The van der Waals surface area contributed by atoms with Crippen molar-refractivity contribution in [1.29, 1.82) is 0 Å². The van der Waals surface area contributed by atoms with Gasteiger partial charge in [-0.1, -0.05) is 25.5 Å². The van der Waals surface area contributed by atoms with Gasteiger partial charge in [-0.05, 0) is 92.5 Å². The second-order valence-electron chi connectivity index (χ2n) is 9.07. The zero-order valence-electron chi connectivity index (χ0n) is 15.0. The third-order valence-electron chi connectivity index (χ3n) is 8.15. The smallest absolute Gasteiger partial charge is 0.181 e. The summed E-state index contributed by atoms with van der Waals surface area (Å²) in [6, 6.07) is 0. The first-order valence-electron chi connectivity index (χ1n) is 9.45. The van der Waals surface area contributed by atoms with Crippen molar-refractivity contribution in [2.75, 3.05) is 0 Å². The Labute approximate surface area is 150 Å². The molecule has 3 heteroatoms. The summed E-state index contributed by atoms with van der Waals surface area (Å²) in [6.45, 7) is 6.69. The summed E-state index contributed by atoms with van der Waals surface area (Å²) in [4.78, 5) is 12.1. The van der Waals surface area contributed by atoms with Gasteiger partial charge in [0.25, 0.3) is 0 Å². The first-order valence-corrected chi connectivity index (χ1v) is 9.86.